The van der Waals surface area contributed by atoms with Gasteiger partial charge < -0.3 is 4.90 Å². The lowest BCUT2D eigenvalue weighted by molar-refractivity contribution is 0.0635. The van der Waals surface area contributed by atoms with E-state index in [1.165, 1.54) is 6.42 Å². The average molecular weight is 398 g/mol. The van der Waals surface area contributed by atoms with E-state index in [4.69, 9.17) is 23.2 Å². The Bertz CT molecular complexity index is 455. The van der Waals surface area contributed by atoms with E-state index < -0.39 is 0 Å². The number of piperidine rings is 1. The number of amides is 1. The van der Waals surface area contributed by atoms with E-state index in [9.17, 15) is 4.79 Å². The molecule has 5 heteroatoms. The van der Waals surface area contributed by atoms with Gasteiger partial charge in [0, 0.05) is 18.2 Å². The number of hydrogen-bond acceptors (Lipinski definition) is 1. The molecule has 0 aromatic heterocycles. The lowest BCUT2D eigenvalue weighted by atomic mass is 10.0. The van der Waals surface area contributed by atoms with Crippen LogP contribution in [-0.4, -0.2) is 23.4 Å². The highest BCUT2D eigenvalue weighted by Crippen LogP contribution is 2.29. The van der Waals surface area contributed by atoms with Crippen LogP contribution in [0.15, 0.2) is 12.1 Å². The molecule has 1 aromatic rings. The summed E-state index contributed by atoms with van der Waals surface area (Å²) in [5.74, 6) is 0.0300. The number of hydrogen-bond donors (Lipinski definition) is 0. The molecule has 1 aromatic carbocycles. The predicted octanol–water partition coefficient (Wildman–Crippen LogP) is 4.61. The van der Waals surface area contributed by atoms with Gasteiger partial charge in [-0.2, -0.15) is 0 Å². The van der Waals surface area contributed by atoms with Gasteiger partial charge in [-0.05, 0) is 60.9 Å². The summed E-state index contributed by atoms with van der Waals surface area (Å²) < 4.78 is 0.791. The topological polar surface area (TPSA) is 20.3 Å². The second-order valence-electron chi connectivity index (χ2n) is 4.60. The van der Waals surface area contributed by atoms with E-state index in [0.29, 0.717) is 21.7 Å². The third-order valence-electron chi connectivity index (χ3n) is 3.29. The largest absolute Gasteiger partial charge is 0.336 e. The molecular formula is C13H14Cl2INO. The summed E-state index contributed by atoms with van der Waals surface area (Å²) in [6.45, 7) is 2.91. The van der Waals surface area contributed by atoms with Crippen LogP contribution in [0.4, 0.5) is 0 Å². The highest BCUT2D eigenvalue weighted by atomic mass is 127. The third-order valence-corrected chi connectivity index (χ3v) is 5.69. The molecule has 1 amide bonds. The molecule has 2 rings (SSSR count). The first-order valence-corrected chi connectivity index (χ1v) is 7.79. The van der Waals surface area contributed by atoms with E-state index in [2.05, 4.69) is 29.5 Å². The first-order chi connectivity index (χ1) is 8.50. The molecular weight excluding hydrogens is 384 g/mol. The van der Waals surface area contributed by atoms with Crippen LogP contribution in [0.2, 0.25) is 10.0 Å². The molecule has 1 atom stereocenters. The van der Waals surface area contributed by atoms with Gasteiger partial charge >= 0.3 is 0 Å². The summed E-state index contributed by atoms with van der Waals surface area (Å²) in [5, 5.41) is 1.08. The standard InChI is InChI=1S/C13H14Cl2INO/c1-8-4-2-3-5-17(8)13(18)9-6-10(14)12(16)11(15)7-9/h6-8H,2-5H2,1H3/t8-/m0/s1. The van der Waals surface area contributed by atoms with Gasteiger partial charge in [-0.25, -0.2) is 0 Å². The lowest BCUT2D eigenvalue weighted by Crippen LogP contribution is -2.42. The van der Waals surface area contributed by atoms with Gasteiger partial charge in [0.15, 0.2) is 0 Å². The molecule has 0 bridgehead atoms. The van der Waals surface area contributed by atoms with E-state index in [-0.39, 0.29) is 5.91 Å². The monoisotopic (exact) mass is 397 g/mol. The van der Waals surface area contributed by atoms with Crippen LogP contribution in [0.5, 0.6) is 0 Å². The van der Waals surface area contributed by atoms with Crippen LogP contribution in [-0.2, 0) is 0 Å². The molecule has 0 saturated carbocycles. The fraction of sp³-hybridized carbons (Fsp3) is 0.462. The molecule has 1 fully saturated rings. The Hall–Kier alpha value is -0.000000000000000167. The maximum absolute atomic E-state index is 12.4. The average Bonchev–Trinajstić information content (AvgIpc) is 2.35. The number of halogens is 3. The Balaban J connectivity index is 2.28. The zero-order chi connectivity index (χ0) is 13.3. The lowest BCUT2D eigenvalue weighted by Gasteiger charge is -2.33. The Morgan fingerprint density at radius 2 is 1.94 bits per heavy atom. The van der Waals surface area contributed by atoms with Gasteiger partial charge in [-0.3, -0.25) is 4.79 Å². The fourth-order valence-electron chi connectivity index (χ4n) is 2.24. The van der Waals surface area contributed by atoms with Gasteiger partial charge in [-0.1, -0.05) is 23.2 Å². The third kappa shape index (κ3) is 2.94. The highest BCUT2D eigenvalue weighted by molar-refractivity contribution is 14.1. The van der Waals surface area contributed by atoms with Crippen molar-refractivity contribution in [2.75, 3.05) is 6.54 Å². The molecule has 0 spiro atoms. The van der Waals surface area contributed by atoms with Crippen molar-refractivity contribution in [3.05, 3.63) is 31.3 Å². The van der Waals surface area contributed by atoms with E-state index in [1.54, 1.807) is 12.1 Å². The molecule has 0 radical (unpaired) electrons. The second-order valence-corrected chi connectivity index (χ2v) is 6.49. The quantitative estimate of drug-likeness (QED) is 0.500. The van der Waals surface area contributed by atoms with Gasteiger partial charge in [0.1, 0.15) is 0 Å². The summed E-state index contributed by atoms with van der Waals surface area (Å²) in [6, 6.07) is 3.71. The van der Waals surface area contributed by atoms with Gasteiger partial charge in [0.05, 0.1) is 13.6 Å². The van der Waals surface area contributed by atoms with Crippen molar-refractivity contribution in [1.29, 1.82) is 0 Å². The summed E-state index contributed by atoms with van der Waals surface area (Å²) in [7, 11) is 0. The highest BCUT2D eigenvalue weighted by Gasteiger charge is 2.25. The molecule has 1 aliphatic heterocycles. The van der Waals surface area contributed by atoms with Crippen molar-refractivity contribution in [1.82, 2.24) is 4.90 Å². The number of likely N-dealkylation sites (tertiary alicyclic amines) is 1. The van der Waals surface area contributed by atoms with E-state index in [0.717, 1.165) is 23.0 Å². The Kier molecular flexibility index (Phi) is 4.78. The number of rotatable bonds is 1. The summed E-state index contributed by atoms with van der Waals surface area (Å²) >= 11 is 14.2. The molecule has 0 unspecified atom stereocenters. The minimum absolute atomic E-state index is 0.0300. The van der Waals surface area contributed by atoms with Crippen molar-refractivity contribution >= 4 is 51.7 Å². The Morgan fingerprint density at radius 1 is 1.33 bits per heavy atom. The number of nitrogens with zero attached hydrogens (tertiary/aromatic N) is 1. The summed E-state index contributed by atoms with van der Waals surface area (Å²) in [6.07, 6.45) is 3.33. The van der Waals surface area contributed by atoms with E-state index >= 15 is 0 Å². The molecule has 2 nitrogen and oxygen atoms in total. The normalized spacial score (nSPS) is 20.0. The van der Waals surface area contributed by atoms with Crippen LogP contribution >= 0.6 is 45.8 Å². The van der Waals surface area contributed by atoms with Crippen LogP contribution < -0.4 is 0 Å². The van der Waals surface area contributed by atoms with Crippen molar-refractivity contribution in [2.24, 2.45) is 0 Å². The molecule has 1 heterocycles. The fourth-order valence-corrected chi connectivity index (χ4v) is 3.04. The summed E-state index contributed by atoms with van der Waals surface area (Å²) in [5.41, 5.74) is 0.583. The SMILES string of the molecule is C[C@H]1CCCCN1C(=O)c1cc(Cl)c(I)c(Cl)c1. The molecule has 0 aliphatic carbocycles. The van der Waals surface area contributed by atoms with Crippen LogP contribution in [0.1, 0.15) is 36.5 Å². The first kappa shape index (κ1) is 14.4. The van der Waals surface area contributed by atoms with Gasteiger partial charge in [0.2, 0.25) is 0 Å². The van der Waals surface area contributed by atoms with Crippen LogP contribution in [0.25, 0.3) is 0 Å². The van der Waals surface area contributed by atoms with Crippen molar-refractivity contribution in [3.8, 4) is 0 Å². The summed E-state index contributed by atoms with van der Waals surface area (Å²) in [4.78, 5) is 14.3. The van der Waals surface area contributed by atoms with Crippen LogP contribution in [0.3, 0.4) is 0 Å². The number of carbonyl (C=O) groups is 1. The minimum atomic E-state index is 0.0300. The smallest absolute Gasteiger partial charge is 0.254 e. The maximum Gasteiger partial charge on any atom is 0.254 e. The van der Waals surface area contributed by atoms with E-state index in [1.807, 2.05) is 4.90 Å². The van der Waals surface area contributed by atoms with Crippen LogP contribution in [0, 0.1) is 3.57 Å². The van der Waals surface area contributed by atoms with Gasteiger partial charge in [0.25, 0.3) is 5.91 Å². The Morgan fingerprint density at radius 3 is 2.50 bits per heavy atom. The molecule has 1 aliphatic rings. The minimum Gasteiger partial charge on any atom is -0.336 e. The van der Waals surface area contributed by atoms with Crippen molar-refractivity contribution < 1.29 is 4.79 Å². The number of benzene rings is 1. The molecule has 0 N–H and O–H groups in total. The number of carbonyl (C=O) groups excluding carboxylic acids is 1. The zero-order valence-electron chi connectivity index (χ0n) is 10.0. The Labute approximate surface area is 131 Å². The van der Waals surface area contributed by atoms with Gasteiger partial charge in [-0.15, -0.1) is 0 Å². The molecule has 98 valence electrons. The molecule has 1 saturated heterocycles. The molecule has 18 heavy (non-hydrogen) atoms. The zero-order valence-corrected chi connectivity index (χ0v) is 13.7. The predicted molar refractivity (Wildman–Crippen MR) is 83.5 cm³/mol. The first-order valence-electron chi connectivity index (χ1n) is 5.96. The second kappa shape index (κ2) is 5.97. The van der Waals surface area contributed by atoms with Crippen molar-refractivity contribution in [2.45, 2.75) is 32.2 Å². The van der Waals surface area contributed by atoms with Crippen molar-refractivity contribution in [3.63, 3.8) is 0 Å². The maximum atomic E-state index is 12.4.